The van der Waals surface area contributed by atoms with Crippen LogP contribution in [0.15, 0.2) is 18.2 Å². The molecule has 1 aromatic rings. The van der Waals surface area contributed by atoms with Crippen LogP contribution in [0.4, 0.5) is 14.9 Å². The summed E-state index contributed by atoms with van der Waals surface area (Å²) in [5, 5.41) is 22.5. The van der Waals surface area contributed by atoms with E-state index in [-0.39, 0.29) is 17.2 Å². The van der Waals surface area contributed by atoms with Crippen LogP contribution in [0.5, 0.6) is 0 Å². The van der Waals surface area contributed by atoms with E-state index in [0.717, 1.165) is 18.9 Å². The Kier molecular flexibility index (Phi) is 3.80. The van der Waals surface area contributed by atoms with Crippen LogP contribution in [0, 0.1) is 23.1 Å². The Bertz CT molecular complexity index is 637. The van der Waals surface area contributed by atoms with E-state index >= 15 is 0 Å². The van der Waals surface area contributed by atoms with Crippen molar-refractivity contribution in [2.45, 2.75) is 25.3 Å². The Morgan fingerprint density at radius 3 is 2.62 bits per heavy atom. The maximum absolute atomic E-state index is 13.6. The smallest absolute Gasteiger partial charge is 0.329 e. The zero-order valence-electron chi connectivity index (χ0n) is 11.3. The number of nitrogens with one attached hydrogen (secondary N) is 2. The molecule has 1 unspecified atom stereocenters. The van der Waals surface area contributed by atoms with E-state index in [2.05, 4.69) is 10.6 Å². The number of aliphatic carboxylic acids is 1. The molecule has 6 nitrogen and oxygen atoms in total. The molecule has 1 aromatic carbocycles. The van der Waals surface area contributed by atoms with E-state index in [0.29, 0.717) is 0 Å². The summed E-state index contributed by atoms with van der Waals surface area (Å²) in [6.07, 6.45) is 1.46. The number of nitrogens with zero attached hydrogens (tertiary/aromatic N) is 1. The molecule has 0 aromatic heterocycles. The van der Waals surface area contributed by atoms with Gasteiger partial charge in [0.25, 0.3) is 0 Å². The molecule has 2 rings (SSSR count). The molecule has 1 saturated carbocycles. The number of carbonyl (C=O) groups excluding carboxylic acids is 1. The van der Waals surface area contributed by atoms with E-state index in [4.69, 9.17) is 5.26 Å². The van der Waals surface area contributed by atoms with Gasteiger partial charge in [-0.2, -0.15) is 5.26 Å². The lowest BCUT2D eigenvalue weighted by Gasteiger charge is -2.26. The molecule has 1 fully saturated rings. The molecule has 21 heavy (non-hydrogen) atoms. The summed E-state index contributed by atoms with van der Waals surface area (Å²) in [6, 6.07) is 4.59. The first-order chi connectivity index (χ1) is 9.86. The summed E-state index contributed by atoms with van der Waals surface area (Å²) in [5.74, 6) is -2.00. The van der Waals surface area contributed by atoms with Gasteiger partial charge in [-0.15, -0.1) is 0 Å². The number of carboxylic acids is 1. The van der Waals surface area contributed by atoms with E-state index in [9.17, 15) is 19.1 Å². The summed E-state index contributed by atoms with van der Waals surface area (Å²) in [4.78, 5) is 23.1. The van der Waals surface area contributed by atoms with Crippen molar-refractivity contribution >= 4 is 17.7 Å². The first-order valence-electron chi connectivity index (χ1n) is 6.39. The van der Waals surface area contributed by atoms with E-state index in [1.165, 1.54) is 19.1 Å². The van der Waals surface area contributed by atoms with Gasteiger partial charge in [0.05, 0.1) is 17.3 Å². The standard InChI is InChI=1S/C14H14FN3O3/c1-14(12(19)20,9-3-4-9)18-13(21)17-11-5-2-8(7-16)6-10(11)15/h2,5-6,9H,3-4H2,1H3,(H,19,20)(H2,17,18,21). The average Bonchev–Trinajstić information content (AvgIpc) is 3.25. The molecule has 1 aliphatic carbocycles. The number of benzene rings is 1. The third-order valence-corrected chi connectivity index (χ3v) is 3.56. The maximum atomic E-state index is 13.6. The Balaban J connectivity index is 2.08. The highest BCUT2D eigenvalue weighted by molar-refractivity contribution is 5.94. The zero-order chi connectivity index (χ0) is 15.6. The van der Waals surface area contributed by atoms with Crippen molar-refractivity contribution in [3.63, 3.8) is 0 Å². The monoisotopic (exact) mass is 291 g/mol. The van der Waals surface area contributed by atoms with Crippen molar-refractivity contribution in [2.75, 3.05) is 5.32 Å². The van der Waals surface area contributed by atoms with Crippen LogP contribution in [0.1, 0.15) is 25.3 Å². The quantitative estimate of drug-likeness (QED) is 0.790. The van der Waals surface area contributed by atoms with Gasteiger partial charge in [-0.1, -0.05) is 0 Å². The SMILES string of the molecule is CC(NC(=O)Nc1ccc(C#N)cc1F)(C(=O)O)C1CC1. The number of carboxylic acid groups (broad SMARTS) is 1. The fraction of sp³-hybridized carbons (Fsp3) is 0.357. The molecule has 2 amide bonds. The molecule has 3 N–H and O–H groups in total. The molecule has 7 heteroatoms. The minimum atomic E-state index is -1.37. The van der Waals surface area contributed by atoms with Crippen LogP contribution < -0.4 is 10.6 Å². The number of halogens is 1. The van der Waals surface area contributed by atoms with Crippen molar-refractivity contribution < 1.29 is 19.1 Å². The van der Waals surface area contributed by atoms with Crippen LogP contribution in [0.25, 0.3) is 0 Å². The summed E-state index contributed by atoms with van der Waals surface area (Å²) in [6.45, 7) is 1.43. The number of urea groups is 1. The summed E-state index contributed by atoms with van der Waals surface area (Å²) >= 11 is 0. The predicted molar refractivity (Wildman–Crippen MR) is 72.0 cm³/mol. The maximum Gasteiger partial charge on any atom is 0.329 e. The molecule has 1 aliphatic rings. The topological polar surface area (TPSA) is 102 Å². The highest BCUT2D eigenvalue weighted by Crippen LogP contribution is 2.39. The van der Waals surface area contributed by atoms with Gasteiger partial charge < -0.3 is 15.7 Å². The Morgan fingerprint density at radius 1 is 1.48 bits per heavy atom. The molecule has 0 radical (unpaired) electrons. The molecular weight excluding hydrogens is 277 g/mol. The average molecular weight is 291 g/mol. The number of carbonyl (C=O) groups is 2. The van der Waals surface area contributed by atoms with Gasteiger partial charge in [0.1, 0.15) is 11.4 Å². The van der Waals surface area contributed by atoms with Crippen molar-refractivity contribution in [1.82, 2.24) is 5.32 Å². The second-order valence-corrected chi connectivity index (χ2v) is 5.17. The van der Waals surface area contributed by atoms with Gasteiger partial charge >= 0.3 is 12.0 Å². The van der Waals surface area contributed by atoms with E-state index < -0.39 is 23.4 Å². The molecule has 1 atom stereocenters. The number of anilines is 1. The number of hydrogen-bond donors (Lipinski definition) is 3. The molecule has 0 heterocycles. The molecule has 0 spiro atoms. The fourth-order valence-corrected chi connectivity index (χ4v) is 2.07. The van der Waals surface area contributed by atoms with Crippen LogP contribution in [-0.2, 0) is 4.79 Å². The Morgan fingerprint density at radius 2 is 2.14 bits per heavy atom. The predicted octanol–water partition coefficient (Wildman–Crippen LogP) is 2.07. The van der Waals surface area contributed by atoms with E-state index in [1.807, 2.05) is 0 Å². The van der Waals surface area contributed by atoms with Crippen LogP contribution in [0.3, 0.4) is 0 Å². The van der Waals surface area contributed by atoms with Crippen molar-refractivity contribution in [3.05, 3.63) is 29.6 Å². The normalized spacial score (nSPS) is 16.4. The minimum Gasteiger partial charge on any atom is -0.480 e. The zero-order valence-corrected chi connectivity index (χ0v) is 11.3. The molecular formula is C14H14FN3O3. The van der Waals surface area contributed by atoms with Crippen molar-refractivity contribution in [2.24, 2.45) is 5.92 Å². The van der Waals surface area contributed by atoms with Gasteiger partial charge in [0, 0.05) is 0 Å². The lowest BCUT2D eigenvalue weighted by atomic mass is 9.96. The molecule has 0 bridgehead atoms. The first-order valence-corrected chi connectivity index (χ1v) is 6.39. The van der Waals surface area contributed by atoms with E-state index in [1.54, 1.807) is 6.07 Å². The highest BCUT2D eigenvalue weighted by Gasteiger charge is 2.48. The summed E-state index contributed by atoms with van der Waals surface area (Å²) in [7, 11) is 0. The van der Waals surface area contributed by atoms with Crippen LogP contribution in [0.2, 0.25) is 0 Å². The second kappa shape index (κ2) is 5.40. The first kappa shape index (κ1) is 14.8. The number of amides is 2. The fourth-order valence-electron chi connectivity index (χ4n) is 2.07. The molecule has 0 saturated heterocycles. The number of nitriles is 1. The van der Waals surface area contributed by atoms with Crippen LogP contribution in [-0.4, -0.2) is 22.6 Å². The third-order valence-electron chi connectivity index (χ3n) is 3.56. The summed E-state index contributed by atoms with van der Waals surface area (Å²) < 4.78 is 13.6. The van der Waals surface area contributed by atoms with Gasteiger partial charge in [-0.05, 0) is 43.9 Å². The van der Waals surface area contributed by atoms with Crippen molar-refractivity contribution in [1.29, 1.82) is 5.26 Å². The Hall–Kier alpha value is -2.62. The van der Waals surface area contributed by atoms with Gasteiger partial charge in [-0.25, -0.2) is 14.0 Å². The van der Waals surface area contributed by atoms with Crippen LogP contribution >= 0.6 is 0 Å². The minimum absolute atomic E-state index is 0.116. The lowest BCUT2D eigenvalue weighted by molar-refractivity contribution is -0.144. The largest absolute Gasteiger partial charge is 0.480 e. The third kappa shape index (κ3) is 3.11. The lowest BCUT2D eigenvalue weighted by Crippen LogP contribution is -2.55. The second-order valence-electron chi connectivity index (χ2n) is 5.17. The van der Waals surface area contributed by atoms with Crippen molar-refractivity contribution in [3.8, 4) is 6.07 Å². The molecule has 0 aliphatic heterocycles. The highest BCUT2D eigenvalue weighted by atomic mass is 19.1. The molecule has 110 valence electrons. The van der Waals surface area contributed by atoms with Gasteiger partial charge in [0.2, 0.25) is 0 Å². The number of hydrogen-bond acceptors (Lipinski definition) is 3. The van der Waals surface area contributed by atoms with Gasteiger partial charge in [0.15, 0.2) is 0 Å². The Labute approximate surface area is 120 Å². The summed E-state index contributed by atoms with van der Waals surface area (Å²) in [5.41, 5.74) is -1.35. The number of rotatable bonds is 4. The van der Waals surface area contributed by atoms with Gasteiger partial charge in [-0.3, -0.25) is 0 Å².